The van der Waals surface area contributed by atoms with E-state index in [1.807, 2.05) is 13.8 Å². The van der Waals surface area contributed by atoms with E-state index in [4.69, 9.17) is 5.11 Å². The Morgan fingerprint density at radius 1 is 1.22 bits per heavy atom. The minimum Gasteiger partial charge on any atom is -0.481 e. The van der Waals surface area contributed by atoms with Gasteiger partial charge in [-0.05, 0) is 18.9 Å². The van der Waals surface area contributed by atoms with Crippen LogP contribution in [0.4, 0.5) is 0 Å². The lowest BCUT2D eigenvalue weighted by atomic mass is 9.89. The Morgan fingerprint density at radius 3 is 2.43 bits per heavy atom. The second-order valence-electron chi connectivity index (χ2n) is 5.11. The molecule has 0 saturated carbocycles. The Hall–Kier alpha value is -2.35. The molecule has 0 unspecified atom stereocenters. The monoisotopic (exact) mass is 334 g/mol. The fraction of sp³-hybridized carbons (Fsp3) is 0.400. The number of aliphatic carboxylic acids is 1. The van der Waals surface area contributed by atoms with E-state index in [2.05, 4.69) is 20.3 Å². The summed E-state index contributed by atoms with van der Waals surface area (Å²) in [6.45, 7) is 3.73. The lowest BCUT2D eigenvalue weighted by molar-refractivity contribution is -0.138. The molecule has 0 atom stereocenters. The van der Waals surface area contributed by atoms with Gasteiger partial charge in [0, 0.05) is 12.4 Å². The van der Waals surface area contributed by atoms with Crippen molar-refractivity contribution in [3.05, 3.63) is 29.5 Å². The molecule has 0 aliphatic carbocycles. The molecule has 0 aromatic carbocycles. The van der Waals surface area contributed by atoms with Crippen molar-refractivity contribution in [3.63, 3.8) is 0 Å². The molecule has 2 heterocycles. The molecule has 0 aliphatic heterocycles. The van der Waals surface area contributed by atoms with Gasteiger partial charge in [-0.25, -0.2) is 15.0 Å². The summed E-state index contributed by atoms with van der Waals surface area (Å²) in [6, 6.07) is 1.70. The van der Waals surface area contributed by atoms with Crippen molar-refractivity contribution in [1.29, 1.82) is 0 Å². The topological polar surface area (TPSA) is 105 Å². The molecule has 0 bridgehead atoms. The maximum atomic E-state index is 12.4. The summed E-state index contributed by atoms with van der Waals surface area (Å²) in [6.07, 6.45) is 5.64. The molecule has 0 spiro atoms. The Morgan fingerprint density at radius 2 is 1.87 bits per heavy atom. The highest BCUT2D eigenvalue weighted by molar-refractivity contribution is 7.16. The summed E-state index contributed by atoms with van der Waals surface area (Å²) < 4.78 is 0. The second kappa shape index (κ2) is 7.28. The van der Waals surface area contributed by atoms with Crippen LogP contribution in [0, 0.1) is 0 Å². The van der Waals surface area contributed by atoms with Crippen LogP contribution in [0.15, 0.2) is 24.7 Å². The fourth-order valence-corrected chi connectivity index (χ4v) is 2.96. The van der Waals surface area contributed by atoms with Crippen LogP contribution in [-0.4, -0.2) is 37.5 Å². The van der Waals surface area contributed by atoms with Gasteiger partial charge >= 0.3 is 5.97 Å². The van der Waals surface area contributed by atoms with E-state index in [0.29, 0.717) is 28.6 Å². The number of hydrogen-bond acceptors (Lipinski definition) is 6. The van der Waals surface area contributed by atoms with Crippen molar-refractivity contribution in [2.75, 3.05) is 0 Å². The second-order valence-corrected chi connectivity index (χ2v) is 6.14. The molecule has 7 nitrogen and oxygen atoms in total. The Labute approximate surface area is 137 Å². The molecule has 23 heavy (non-hydrogen) atoms. The van der Waals surface area contributed by atoms with Crippen molar-refractivity contribution in [2.45, 2.75) is 38.6 Å². The number of amides is 1. The highest BCUT2D eigenvalue weighted by atomic mass is 32.1. The number of rotatable bonds is 7. The van der Waals surface area contributed by atoms with Crippen molar-refractivity contribution < 1.29 is 14.7 Å². The van der Waals surface area contributed by atoms with Gasteiger partial charge in [0.15, 0.2) is 10.8 Å². The zero-order valence-electron chi connectivity index (χ0n) is 12.9. The predicted octanol–water partition coefficient (Wildman–Crippen LogP) is 2.36. The average Bonchev–Trinajstić information content (AvgIpc) is 3.04. The molecule has 2 rings (SSSR count). The molecular formula is C15H18N4O3S. The summed E-state index contributed by atoms with van der Waals surface area (Å²) in [4.78, 5) is 36.3. The van der Waals surface area contributed by atoms with Crippen LogP contribution in [0.25, 0.3) is 10.8 Å². The number of carboxylic acid groups (broad SMARTS) is 1. The van der Waals surface area contributed by atoms with Gasteiger partial charge < -0.3 is 10.4 Å². The van der Waals surface area contributed by atoms with E-state index in [0.717, 1.165) is 0 Å². The zero-order valence-corrected chi connectivity index (χ0v) is 13.8. The van der Waals surface area contributed by atoms with Gasteiger partial charge in [0.1, 0.15) is 4.88 Å². The van der Waals surface area contributed by atoms with Crippen LogP contribution in [0.3, 0.4) is 0 Å². The molecule has 0 radical (unpaired) electrons. The van der Waals surface area contributed by atoms with Gasteiger partial charge in [0.05, 0.1) is 18.2 Å². The number of aromatic nitrogens is 3. The minimum atomic E-state index is -0.934. The molecule has 0 fully saturated rings. The Bertz CT molecular complexity index is 683. The van der Waals surface area contributed by atoms with Crippen molar-refractivity contribution >= 4 is 23.2 Å². The minimum absolute atomic E-state index is 0.112. The van der Waals surface area contributed by atoms with E-state index in [1.165, 1.54) is 17.5 Å². The number of carbonyl (C=O) groups excluding carboxylic acids is 1. The maximum absolute atomic E-state index is 12.4. The smallest absolute Gasteiger partial charge is 0.305 e. The fourth-order valence-electron chi connectivity index (χ4n) is 2.20. The number of carboxylic acids is 1. The maximum Gasteiger partial charge on any atom is 0.305 e. The van der Waals surface area contributed by atoms with Crippen molar-refractivity contribution in [2.24, 2.45) is 0 Å². The molecule has 0 saturated heterocycles. The summed E-state index contributed by atoms with van der Waals surface area (Å²) in [5, 5.41) is 12.5. The number of nitrogens with zero attached hydrogens (tertiary/aromatic N) is 3. The van der Waals surface area contributed by atoms with Crippen LogP contribution < -0.4 is 5.32 Å². The lowest BCUT2D eigenvalue weighted by Crippen LogP contribution is -2.48. The normalized spacial score (nSPS) is 11.2. The molecule has 2 aromatic rings. The first-order valence-corrected chi connectivity index (χ1v) is 8.09. The van der Waals surface area contributed by atoms with Crippen LogP contribution in [0.1, 0.15) is 42.8 Å². The average molecular weight is 334 g/mol. The molecular weight excluding hydrogens is 316 g/mol. The Kier molecular flexibility index (Phi) is 5.38. The van der Waals surface area contributed by atoms with E-state index in [-0.39, 0.29) is 12.3 Å². The highest BCUT2D eigenvalue weighted by Gasteiger charge is 2.31. The van der Waals surface area contributed by atoms with Gasteiger partial charge in [0.25, 0.3) is 5.91 Å². The highest BCUT2D eigenvalue weighted by Crippen LogP contribution is 2.24. The summed E-state index contributed by atoms with van der Waals surface area (Å²) >= 11 is 1.18. The van der Waals surface area contributed by atoms with Gasteiger partial charge in [-0.2, -0.15) is 0 Å². The summed E-state index contributed by atoms with van der Waals surface area (Å²) in [5.74, 6) is -0.800. The number of thiazole rings is 1. The summed E-state index contributed by atoms with van der Waals surface area (Å²) in [5.41, 5.74) is -0.754. The molecule has 1 amide bonds. The van der Waals surface area contributed by atoms with Gasteiger partial charge in [0.2, 0.25) is 0 Å². The zero-order chi connectivity index (χ0) is 16.9. The van der Waals surface area contributed by atoms with E-state index in [1.54, 1.807) is 18.5 Å². The van der Waals surface area contributed by atoms with Gasteiger partial charge in [-0.1, -0.05) is 13.8 Å². The lowest BCUT2D eigenvalue weighted by Gasteiger charge is -2.31. The van der Waals surface area contributed by atoms with E-state index >= 15 is 0 Å². The first-order valence-electron chi connectivity index (χ1n) is 7.27. The third kappa shape index (κ3) is 4.10. The SMILES string of the molecule is CCC(CC)(CC(=O)O)NC(=O)c1cnc(-c2ncccn2)s1. The van der Waals surface area contributed by atoms with Crippen LogP contribution in [0.2, 0.25) is 0 Å². The molecule has 122 valence electrons. The largest absolute Gasteiger partial charge is 0.481 e. The first-order chi connectivity index (χ1) is 11.0. The molecule has 2 N–H and O–H groups in total. The molecule has 2 aromatic heterocycles. The van der Waals surface area contributed by atoms with Crippen LogP contribution in [-0.2, 0) is 4.79 Å². The van der Waals surface area contributed by atoms with Crippen molar-refractivity contribution in [3.8, 4) is 10.8 Å². The number of carbonyl (C=O) groups is 2. The van der Waals surface area contributed by atoms with Gasteiger partial charge in [-0.15, -0.1) is 11.3 Å². The van der Waals surface area contributed by atoms with E-state index in [9.17, 15) is 9.59 Å². The third-order valence-corrected chi connectivity index (χ3v) is 4.70. The predicted molar refractivity (Wildman–Crippen MR) is 86.2 cm³/mol. The third-order valence-electron chi connectivity index (χ3n) is 3.71. The van der Waals surface area contributed by atoms with Crippen LogP contribution >= 0.6 is 11.3 Å². The number of hydrogen-bond donors (Lipinski definition) is 2. The standard InChI is InChI=1S/C15H18N4O3S/c1-3-15(4-2,8-11(20)21)19-13(22)10-9-18-14(23-10)12-16-6-5-7-17-12/h5-7,9H,3-4,8H2,1-2H3,(H,19,22)(H,20,21). The van der Waals surface area contributed by atoms with Crippen LogP contribution in [0.5, 0.6) is 0 Å². The molecule has 8 heteroatoms. The van der Waals surface area contributed by atoms with Gasteiger partial charge in [-0.3, -0.25) is 9.59 Å². The van der Waals surface area contributed by atoms with E-state index < -0.39 is 11.5 Å². The Balaban J connectivity index is 2.17. The first kappa shape index (κ1) is 17.0. The number of nitrogens with one attached hydrogen (secondary N) is 1. The van der Waals surface area contributed by atoms with Crippen molar-refractivity contribution in [1.82, 2.24) is 20.3 Å². The quantitative estimate of drug-likeness (QED) is 0.805. The summed E-state index contributed by atoms with van der Waals surface area (Å²) in [7, 11) is 0. The molecule has 0 aliphatic rings.